The average Bonchev–Trinajstić information content (AvgIpc) is 2.50. The van der Waals surface area contributed by atoms with E-state index in [2.05, 4.69) is 16.9 Å². The van der Waals surface area contributed by atoms with Crippen molar-refractivity contribution in [3.8, 4) is 0 Å². The molecule has 21 heavy (non-hydrogen) atoms. The van der Waals surface area contributed by atoms with Gasteiger partial charge in [-0.25, -0.2) is 0 Å². The Morgan fingerprint density at radius 2 is 2.19 bits per heavy atom. The number of nitro benzene ring substituents is 1. The van der Waals surface area contributed by atoms with Crippen LogP contribution in [0.15, 0.2) is 43.2 Å². The molecule has 0 fully saturated rings. The van der Waals surface area contributed by atoms with E-state index in [4.69, 9.17) is 4.74 Å². The molecular formula is C15H17N3O3. The second-order valence-corrected chi connectivity index (χ2v) is 4.43. The number of hydrogen-bond donors (Lipinski definition) is 1. The molecule has 0 saturated heterocycles. The van der Waals surface area contributed by atoms with Gasteiger partial charge in [0, 0.05) is 36.1 Å². The molecule has 2 aromatic rings. The van der Waals surface area contributed by atoms with Gasteiger partial charge in [-0.2, -0.15) is 0 Å². The Bertz CT molecular complexity index is 643. The minimum absolute atomic E-state index is 0.0610. The second-order valence-electron chi connectivity index (χ2n) is 4.43. The van der Waals surface area contributed by atoms with Crippen LogP contribution in [0, 0.1) is 10.1 Å². The highest BCUT2D eigenvalue weighted by molar-refractivity contribution is 5.99. The first-order valence-electron chi connectivity index (χ1n) is 6.67. The van der Waals surface area contributed by atoms with E-state index in [9.17, 15) is 10.1 Å². The van der Waals surface area contributed by atoms with Gasteiger partial charge in [0.2, 0.25) is 0 Å². The zero-order chi connectivity index (χ0) is 15.1. The van der Waals surface area contributed by atoms with Crippen LogP contribution < -0.4 is 5.32 Å². The summed E-state index contributed by atoms with van der Waals surface area (Å²) < 4.78 is 5.42. The van der Waals surface area contributed by atoms with Crippen LogP contribution in [-0.4, -0.2) is 29.7 Å². The van der Waals surface area contributed by atoms with E-state index >= 15 is 0 Å². The third-order valence-corrected chi connectivity index (χ3v) is 3.02. The first-order valence-corrected chi connectivity index (χ1v) is 6.67. The number of nitrogens with zero attached hydrogens (tertiary/aromatic N) is 2. The van der Waals surface area contributed by atoms with Gasteiger partial charge in [-0.1, -0.05) is 6.08 Å². The van der Waals surface area contributed by atoms with E-state index in [0.29, 0.717) is 25.1 Å². The van der Waals surface area contributed by atoms with Gasteiger partial charge in [0.25, 0.3) is 5.69 Å². The van der Waals surface area contributed by atoms with Gasteiger partial charge in [0.1, 0.15) is 0 Å². The maximum Gasteiger partial charge on any atom is 0.278 e. The van der Waals surface area contributed by atoms with Crippen LogP contribution in [0.2, 0.25) is 0 Å². The first kappa shape index (κ1) is 14.9. The minimum Gasteiger partial charge on any atom is -0.382 e. The van der Waals surface area contributed by atoms with Gasteiger partial charge < -0.3 is 10.1 Å². The normalized spacial score (nSPS) is 10.5. The van der Waals surface area contributed by atoms with Crippen LogP contribution in [0.1, 0.15) is 6.42 Å². The van der Waals surface area contributed by atoms with E-state index in [0.717, 1.165) is 17.5 Å². The Hall–Kier alpha value is -2.47. The number of nitrogens with one attached hydrogen (secondary N) is 1. The summed E-state index contributed by atoms with van der Waals surface area (Å²) in [7, 11) is 0. The number of rotatable bonds is 8. The third kappa shape index (κ3) is 3.76. The molecule has 0 aliphatic carbocycles. The predicted octanol–water partition coefficient (Wildman–Crippen LogP) is 3.15. The predicted molar refractivity (Wildman–Crippen MR) is 82.5 cm³/mol. The molecule has 0 unspecified atom stereocenters. The minimum atomic E-state index is -0.397. The molecule has 0 amide bonds. The SMILES string of the molecule is C=CCCOCCNc1ccc([N+](=O)[O-])c2cnccc12. The molecule has 0 radical (unpaired) electrons. The third-order valence-electron chi connectivity index (χ3n) is 3.02. The molecule has 2 rings (SSSR count). The van der Waals surface area contributed by atoms with Gasteiger partial charge in [-0.3, -0.25) is 15.1 Å². The number of aromatic nitrogens is 1. The number of non-ortho nitro benzene ring substituents is 1. The van der Waals surface area contributed by atoms with Crippen molar-refractivity contribution in [1.29, 1.82) is 0 Å². The van der Waals surface area contributed by atoms with Crippen molar-refractivity contribution in [2.45, 2.75) is 6.42 Å². The van der Waals surface area contributed by atoms with Crippen molar-refractivity contribution in [3.63, 3.8) is 0 Å². The Morgan fingerprint density at radius 1 is 1.33 bits per heavy atom. The van der Waals surface area contributed by atoms with Crippen molar-refractivity contribution < 1.29 is 9.66 Å². The molecule has 1 aromatic carbocycles. The number of fused-ring (bicyclic) bond motifs is 1. The van der Waals surface area contributed by atoms with Crippen molar-refractivity contribution in [3.05, 3.63) is 53.4 Å². The molecule has 0 bridgehead atoms. The Morgan fingerprint density at radius 3 is 2.95 bits per heavy atom. The maximum absolute atomic E-state index is 11.0. The Balaban J connectivity index is 2.09. The van der Waals surface area contributed by atoms with Crippen molar-refractivity contribution in [1.82, 2.24) is 4.98 Å². The monoisotopic (exact) mass is 287 g/mol. The molecule has 0 saturated carbocycles. The lowest BCUT2D eigenvalue weighted by Crippen LogP contribution is -2.10. The topological polar surface area (TPSA) is 77.3 Å². The summed E-state index contributed by atoms with van der Waals surface area (Å²) in [5.74, 6) is 0. The molecule has 6 heteroatoms. The van der Waals surface area contributed by atoms with Crippen molar-refractivity contribution >= 4 is 22.1 Å². The van der Waals surface area contributed by atoms with Crippen LogP contribution in [-0.2, 0) is 4.74 Å². The van der Waals surface area contributed by atoms with E-state index < -0.39 is 4.92 Å². The summed E-state index contributed by atoms with van der Waals surface area (Å²) in [6.07, 6.45) is 5.77. The fourth-order valence-corrected chi connectivity index (χ4v) is 2.02. The second kappa shape index (κ2) is 7.35. The summed E-state index contributed by atoms with van der Waals surface area (Å²) >= 11 is 0. The van der Waals surface area contributed by atoms with E-state index in [1.807, 2.05) is 6.08 Å². The summed E-state index contributed by atoms with van der Waals surface area (Å²) in [4.78, 5) is 14.6. The summed E-state index contributed by atoms with van der Waals surface area (Å²) in [6.45, 7) is 5.47. The molecule has 0 aliphatic heterocycles. The number of anilines is 1. The van der Waals surface area contributed by atoms with Crippen LogP contribution in [0.3, 0.4) is 0 Å². The first-order chi connectivity index (χ1) is 10.2. The van der Waals surface area contributed by atoms with Gasteiger partial charge >= 0.3 is 0 Å². The summed E-state index contributed by atoms with van der Waals surface area (Å²) in [5.41, 5.74) is 0.899. The quantitative estimate of drug-likeness (QED) is 0.349. The van der Waals surface area contributed by atoms with E-state index in [1.165, 1.54) is 12.3 Å². The summed E-state index contributed by atoms with van der Waals surface area (Å²) in [5, 5.41) is 15.6. The van der Waals surface area contributed by atoms with E-state index in [1.54, 1.807) is 18.3 Å². The van der Waals surface area contributed by atoms with Gasteiger partial charge in [-0.15, -0.1) is 6.58 Å². The highest BCUT2D eigenvalue weighted by Gasteiger charge is 2.13. The zero-order valence-electron chi connectivity index (χ0n) is 11.6. The van der Waals surface area contributed by atoms with Crippen molar-refractivity contribution in [2.24, 2.45) is 0 Å². The Kier molecular flexibility index (Phi) is 5.22. The summed E-state index contributed by atoms with van der Waals surface area (Å²) in [6, 6.07) is 4.97. The number of ether oxygens (including phenoxy) is 1. The fraction of sp³-hybridized carbons (Fsp3) is 0.267. The number of benzene rings is 1. The molecule has 6 nitrogen and oxygen atoms in total. The molecule has 0 aliphatic rings. The standard InChI is InChI=1S/C15H17N3O3/c1-2-3-9-21-10-8-17-14-4-5-15(18(19)20)13-11-16-7-6-12(13)14/h2,4-7,11,17H,1,3,8-10H2. The lowest BCUT2D eigenvalue weighted by atomic mass is 10.1. The van der Waals surface area contributed by atoms with Crippen LogP contribution in [0.25, 0.3) is 10.8 Å². The van der Waals surface area contributed by atoms with E-state index in [-0.39, 0.29) is 5.69 Å². The smallest absolute Gasteiger partial charge is 0.278 e. The molecule has 110 valence electrons. The maximum atomic E-state index is 11.0. The fourth-order valence-electron chi connectivity index (χ4n) is 2.02. The molecule has 1 heterocycles. The largest absolute Gasteiger partial charge is 0.382 e. The molecule has 0 spiro atoms. The van der Waals surface area contributed by atoms with Crippen LogP contribution in [0.4, 0.5) is 11.4 Å². The highest BCUT2D eigenvalue weighted by Crippen LogP contribution is 2.30. The lowest BCUT2D eigenvalue weighted by molar-refractivity contribution is -0.383. The van der Waals surface area contributed by atoms with Crippen molar-refractivity contribution in [2.75, 3.05) is 25.1 Å². The number of nitro groups is 1. The average molecular weight is 287 g/mol. The van der Waals surface area contributed by atoms with Crippen LogP contribution >= 0.6 is 0 Å². The molecule has 0 atom stereocenters. The molecule has 1 aromatic heterocycles. The van der Waals surface area contributed by atoms with Crippen LogP contribution in [0.5, 0.6) is 0 Å². The van der Waals surface area contributed by atoms with Gasteiger partial charge in [-0.05, 0) is 18.6 Å². The highest BCUT2D eigenvalue weighted by atomic mass is 16.6. The van der Waals surface area contributed by atoms with Gasteiger partial charge in [0.05, 0.1) is 23.5 Å². The zero-order valence-corrected chi connectivity index (χ0v) is 11.6. The van der Waals surface area contributed by atoms with Gasteiger partial charge in [0.15, 0.2) is 0 Å². The number of hydrogen-bond acceptors (Lipinski definition) is 5. The Labute approximate surface area is 122 Å². The lowest BCUT2D eigenvalue weighted by Gasteiger charge is -2.10. The molecular weight excluding hydrogens is 270 g/mol. The molecule has 1 N–H and O–H groups in total. The number of pyridine rings is 1.